The van der Waals surface area contributed by atoms with E-state index in [0.29, 0.717) is 12.6 Å². The van der Waals surface area contributed by atoms with Crippen molar-refractivity contribution in [3.63, 3.8) is 0 Å². The quantitative estimate of drug-likeness (QED) is 0.339. The molecule has 1 aliphatic rings. The maximum Gasteiger partial charge on any atom is 0.309 e. The van der Waals surface area contributed by atoms with Crippen LogP contribution in [0, 0.1) is 5.92 Å². The molecule has 4 nitrogen and oxygen atoms in total. The van der Waals surface area contributed by atoms with Crippen LogP contribution in [0.25, 0.3) is 0 Å². The molecule has 1 fully saturated rings. The van der Waals surface area contributed by atoms with Crippen molar-refractivity contribution in [2.45, 2.75) is 25.8 Å². The maximum atomic E-state index is 11.0. The van der Waals surface area contributed by atoms with Gasteiger partial charge >= 0.3 is 5.97 Å². The number of carbonyl (C=O) groups excluding carboxylic acids is 1. The van der Waals surface area contributed by atoms with Crippen molar-refractivity contribution in [2.75, 3.05) is 6.61 Å². The molecule has 0 heterocycles. The molecule has 11 heavy (non-hydrogen) atoms. The molecular formula is C7H14N2O2. The average Bonchev–Trinajstić information content (AvgIpc) is 1.86. The van der Waals surface area contributed by atoms with E-state index >= 15 is 0 Å². The zero-order valence-electron chi connectivity index (χ0n) is 6.67. The fourth-order valence-corrected chi connectivity index (χ4v) is 1.21. The van der Waals surface area contributed by atoms with Gasteiger partial charge in [0.15, 0.2) is 0 Å². The topological polar surface area (TPSA) is 64.3 Å². The van der Waals surface area contributed by atoms with E-state index in [4.69, 9.17) is 10.6 Å². The van der Waals surface area contributed by atoms with Crippen LogP contribution in [0.4, 0.5) is 0 Å². The van der Waals surface area contributed by atoms with E-state index in [2.05, 4.69) is 5.43 Å². The molecule has 0 atom stereocenters. The Hall–Kier alpha value is -0.610. The van der Waals surface area contributed by atoms with Crippen LogP contribution in [0.2, 0.25) is 0 Å². The summed E-state index contributed by atoms with van der Waals surface area (Å²) < 4.78 is 4.83. The molecule has 0 aromatic rings. The molecule has 3 N–H and O–H groups in total. The molecule has 64 valence electrons. The summed E-state index contributed by atoms with van der Waals surface area (Å²) in [6, 6.07) is 0.310. The molecule has 0 amide bonds. The minimum atomic E-state index is -0.0843. The molecule has 1 saturated carbocycles. The van der Waals surface area contributed by atoms with Gasteiger partial charge in [0.2, 0.25) is 0 Å². The van der Waals surface area contributed by atoms with Gasteiger partial charge < -0.3 is 4.74 Å². The fourth-order valence-electron chi connectivity index (χ4n) is 1.21. The van der Waals surface area contributed by atoms with Gasteiger partial charge in [-0.3, -0.25) is 16.1 Å². The SMILES string of the molecule is CCOC(=O)C1CC(NN)C1. The van der Waals surface area contributed by atoms with Crippen LogP contribution in [0.3, 0.4) is 0 Å². The minimum Gasteiger partial charge on any atom is -0.466 e. The number of rotatable bonds is 3. The number of nitrogens with two attached hydrogens (primary N) is 1. The highest BCUT2D eigenvalue weighted by Crippen LogP contribution is 2.27. The number of nitrogens with one attached hydrogen (secondary N) is 1. The standard InChI is InChI=1S/C7H14N2O2/c1-2-11-7(10)5-3-6(4-5)9-8/h5-6,9H,2-4,8H2,1H3. The fraction of sp³-hybridized carbons (Fsp3) is 0.857. The van der Waals surface area contributed by atoms with E-state index in [-0.39, 0.29) is 11.9 Å². The normalized spacial score (nSPS) is 29.3. The lowest BCUT2D eigenvalue weighted by Crippen LogP contribution is -2.47. The first-order valence-corrected chi connectivity index (χ1v) is 3.90. The Labute approximate surface area is 66.1 Å². The number of ether oxygens (including phenoxy) is 1. The van der Waals surface area contributed by atoms with Gasteiger partial charge in [0.05, 0.1) is 12.5 Å². The zero-order chi connectivity index (χ0) is 8.27. The van der Waals surface area contributed by atoms with E-state index in [1.54, 1.807) is 0 Å². The van der Waals surface area contributed by atoms with Gasteiger partial charge in [0, 0.05) is 6.04 Å². The predicted molar refractivity (Wildman–Crippen MR) is 40.5 cm³/mol. The summed E-state index contributed by atoms with van der Waals surface area (Å²) in [5, 5.41) is 0. The first kappa shape index (κ1) is 8.49. The van der Waals surface area contributed by atoms with E-state index in [0.717, 1.165) is 12.8 Å². The Bertz CT molecular complexity index is 143. The number of esters is 1. The molecule has 1 aliphatic carbocycles. The lowest BCUT2D eigenvalue weighted by atomic mass is 9.81. The van der Waals surface area contributed by atoms with Crippen LogP contribution in [-0.4, -0.2) is 18.6 Å². The second-order valence-corrected chi connectivity index (χ2v) is 2.78. The summed E-state index contributed by atoms with van der Waals surface area (Å²) in [7, 11) is 0. The number of carbonyl (C=O) groups is 1. The van der Waals surface area contributed by atoms with Gasteiger partial charge in [-0.25, -0.2) is 0 Å². The smallest absolute Gasteiger partial charge is 0.309 e. The number of hydrogen-bond donors (Lipinski definition) is 2. The van der Waals surface area contributed by atoms with Crippen molar-refractivity contribution >= 4 is 5.97 Å². The molecule has 1 rings (SSSR count). The molecule has 0 aromatic carbocycles. The predicted octanol–water partition coefficient (Wildman–Crippen LogP) is -0.209. The van der Waals surface area contributed by atoms with E-state index in [1.807, 2.05) is 6.92 Å². The first-order chi connectivity index (χ1) is 5.27. The highest BCUT2D eigenvalue weighted by Gasteiger charge is 2.34. The Balaban J connectivity index is 2.16. The maximum absolute atomic E-state index is 11.0. The van der Waals surface area contributed by atoms with Gasteiger partial charge in [-0.15, -0.1) is 0 Å². The van der Waals surface area contributed by atoms with Crippen molar-refractivity contribution in [1.82, 2.24) is 5.43 Å². The molecule has 0 aromatic heterocycles. The van der Waals surface area contributed by atoms with Crippen LogP contribution < -0.4 is 11.3 Å². The van der Waals surface area contributed by atoms with Crippen LogP contribution in [0.15, 0.2) is 0 Å². The molecule has 4 heteroatoms. The molecule has 0 radical (unpaired) electrons. The molecule has 0 saturated heterocycles. The number of hydrazine groups is 1. The van der Waals surface area contributed by atoms with Gasteiger partial charge in [0.1, 0.15) is 0 Å². The van der Waals surface area contributed by atoms with Crippen LogP contribution in [-0.2, 0) is 9.53 Å². The Morgan fingerprint density at radius 1 is 1.73 bits per heavy atom. The van der Waals surface area contributed by atoms with E-state index < -0.39 is 0 Å². The second kappa shape index (κ2) is 3.69. The third-order valence-corrected chi connectivity index (χ3v) is 1.99. The van der Waals surface area contributed by atoms with Crippen LogP contribution in [0.5, 0.6) is 0 Å². The first-order valence-electron chi connectivity index (χ1n) is 3.90. The third-order valence-electron chi connectivity index (χ3n) is 1.99. The Morgan fingerprint density at radius 2 is 2.36 bits per heavy atom. The monoisotopic (exact) mass is 158 g/mol. The Kier molecular flexibility index (Phi) is 2.84. The van der Waals surface area contributed by atoms with Gasteiger partial charge in [-0.2, -0.15) is 0 Å². The summed E-state index contributed by atoms with van der Waals surface area (Å²) in [4.78, 5) is 11.0. The van der Waals surface area contributed by atoms with Crippen molar-refractivity contribution in [3.8, 4) is 0 Å². The molecular weight excluding hydrogens is 144 g/mol. The van der Waals surface area contributed by atoms with Gasteiger partial charge in [-0.05, 0) is 19.8 Å². The van der Waals surface area contributed by atoms with Crippen molar-refractivity contribution in [1.29, 1.82) is 0 Å². The minimum absolute atomic E-state index is 0.0796. The van der Waals surface area contributed by atoms with Crippen molar-refractivity contribution < 1.29 is 9.53 Å². The summed E-state index contributed by atoms with van der Waals surface area (Å²) in [6.07, 6.45) is 1.63. The highest BCUT2D eigenvalue weighted by atomic mass is 16.5. The van der Waals surface area contributed by atoms with Gasteiger partial charge in [-0.1, -0.05) is 0 Å². The molecule has 0 bridgehead atoms. The largest absolute Gasteiger partial charge is 0.466 e. The number of hydrogen-bond acceptors (Lipinski definition) is 4. The summed E-state index contributed by atoms with van der Waals surface area (Å²) in [5.74, 6) is 5.16. The van der Waals surface area contributed by atoms with Crippen LogP contribution in [0.1, 0.15) is 19.8 Å². The van der Waals surface area contributed by atoms with E-state index in [1.165, 1.54) is 0 Å². The Morgan fingerprint density at radius 3 is 2.82 bits per heavy atom. The molecule has 0 spiro atoms. The average molecular weight is 158 g/mol. The molecule has 0 aliphatic heterocycles. The summed E-state index contributed by atoms with van der Waals surface area (Å²) in [5.41, 5.74) is 2.62. The second-order valence-electron chi connectivity index (χ2n) is 2.78. The summed E-state index contributed by atoms with van der Waals surface area (Å²) in [6.45, 7) is 2.28. The highest BCUT2D eigenvalue weighted by molar-refractivity contribution is 5.73. The third kappa shape index (κ3) is 1.91. The summed E-state index contributed by atoms with van der Waals surface area (Å²) >= 11 is 0. The van der Waals surface area contributed by atoms with E-state index in [9.17, 15) is 4.79 Å². The van der Waals surface area contributed by atoms with Gasteiger partial charge in [0.25, 0.3) is 0 Å². The lowest BCUT2D eigenvalue weighted by Gasteiger charge is -2.32. The van der Waals surface area contributed by atoms with Crippen molar-refractivity contribution in [3.05, 3.63) is 0 Å². The zero-order valence-corrected chi connectivity index (χ0v) is 6.67. The molecule has 0 unspecified atom stereocenters. The lowest BCUT2D eigenvalue weighted by molar-refractivity contribution is -0.151. The van der Waals surface area contributed by atoms with Crippen molar-refractivity contribution in [2.24, 2.45) is 11.8 Å². The van der Waals surface area contributed by atoms with Crippen LogP contribution >= 0.6 is 0 Å².